The van der Waals surface area contributed by atoms with E-state index in [4.69, 9.17) is 11.6 Å². The van der Waals surface area contributed by atoms with Gasteiger partial charge in [-0.1, -0.05) is 29.8 Å². The Kier molecular flexibility index (Phi) is 4.62. The van der Waals surface area contributed by atoms with Crippen molar-refractivity contribution >= 4 is 34.1 Å². The van der Waals surface area contributed by atoms with Gasteiger partial charge in [-0.25, -0.2) is 0 Å². The Morgan fingerprint density at radius 1 is 1.21 bits per heavy atom. The van der Waals surface area contributed by atoms with E-state index in [1.165, 1.54) is 6.20 Å². The van der Waals surface area contributed by atoms with Crippen molar-refractivity contribution in [2.75, 3.05) is 5.32 Å². The average molecular weight is 342 g/mol. The van der Waals surface area contributed by atoms with E-state index in [1.807, 2.05) is 31.2 Å². The van der Waals surface area contributed by atoms with Crippen molar-refractivity contribution in [1.29, 1.82) is 0 Å². The molecule has 3 rings (SSSR count). The number of amides is 1. The Hall–Kier alpha value is -2.66. The number of aryl methyl sites for hydroxylation is 1. The maximum Gasteiger partial charge on any atom is 0.226 e. The summed E-state index contributed by atoms with van der Waals surface area (Å²) >= 11 is 6.06. The zero-order valence-corrected chi connectivity index (χ0v) is 13.9. The topological polar surface area (TPSA) is 64.0 Å². The van der Waals surface area contributed by atoms with E-state index in [2.05, 4.69) is 10.4 Å². The predicted molar refractivity (Wildman–Crippen MR) is 95.4 cm³/mol. The Bertz CT molecular complexity index is 966. The molecule has 0 saturated carbocycles. The average Bonchev–Trinajstić information content (AvgIpc) is 2.59. The third-order valence-electron chi connectivity index (χ3n) is 3.85. The summed E-state index contributed by atoms with van der Waals surface area (Å²) in [6.07, 6.45) is 1.52. The van der Waals surface area contributed by atoms with E-state index in [1.54, 1.807) is 22.9 Å². The van der Waals surface area contributed by atoms with Crippen LogP contribution in [0.2, 0.25) is 5.02 Å². The van der Waals surface area contributed by atoms with Crippen LogP contribution in [-0.4, -0.2) is 15.7 Å². The maximum atomic E-state index is 12.2. The molecule has 0 radical (unpaired) electrons. The van der Waals surface area contributed by atoms with Crippen LogP contribution in [0, 0.1) is 6.92 Å². The summed E-state index contributed by atoms with van der Waals surface area (Å²) in [7, 11) is 0. The Balaban J connectivity index is 1.74. The molecule has 6 heteroatoms. The van der Waals surface area contributed by atoms with E-state index < -0.39 is 0 Å². The van der Waals surface area contributed by atoms with E-state index in [0.29, 0.717) is 22.6 Å². The van der Waals surface area contributed by atoms with Crippen molar-refractivity contribution in [3.8, 4) is 0 Å². The first kappa shape index (κ1) is 16.2. The van der Waals surface area contributed by atoms with Crippen LogP contribution in [-0.2, 0) is 11.3 Å². The molecule has 0 bridgehead atoms. The lowest BCUT2D eigenvalue weighted by atomic mass is 10.2. The first-order valence-corrected chi connectivity index (χ1v) is 7.94. The van der Waals surface area contributed by atoms with Gasteiger partial charge in [-0.2, -0.15) is 5.10 Å². The molecule has 0 spiro atoms. The molecule has 0 aliphatic rings. The second kappa shape index (κ2) is 6.84. The SMILES string of the molecule is Cc1c(Cl)cccc1NC(=O)CCn1ncc(=O)c2ccccc21. The quantitative estimate of drug-likeness (QED) is 0.791. The predicted octanol–water partition coefficient (Wildman–Crippen LogP) is 3.39. The van der Waals surface area contributed by atoms with Gasteiger partial charge in [-0.3, -0.25) is 14.3 Å². The van der Waals surface area contributed by atoms with Gasteiger partial charge < -0.3 is 5.32 Å². The summed E-state index contributed by atoms with van der Waals surface area (Å²) in [5.41, 5.74) is 2.13. The van der Waals surface area contributed by atoms with E-state index >= 15 is 0 Å². The van der Waals surface area contributed by atoms with E-state index in [-0.39, 0.29) is 17.8 Å². The first-order chi connectivity index (χ1) is 11.6. The fourth-order valence-corrected chi connectivity index (χ4v) is 2.68. The highest BCUT2D eigenvalue weighted by Crippen LogP contribution is 2.23. The summed E-state index contributed by atoms with van der Waals surface area (Å²) in [5, 5.41) is 8.18. The zero-order chi connectivity index (χ0) is 17.1. The van der Waals surface area contributed by atoms with Crippen LogP contribution in [0.25, 0.3) is 10.9 Å². The normalized spacial score (nSPS) is 10.8. The molecule has 0 unspecified atom stereocenters. The van der Waals surface area contributed by atoms with Crippen molar-refractivity contribution in [2.24, 2.45) is 0 Å². The van der Waals surface area contributed by atoms with Crippen molar-refractivity contribution in [2.45, 2.75) is 19.9 Å². The molecule has 1 amide bonds. The molecular formula is C18H16ClN3O2. The number of para-hydroxylation sites is 1. The monoisotopic (exact) mass is 341 g/mol. The van der Waals surface area contributed by atoms with Crippen LogP contribution >= 0.6 is 11.6 Å². The van der Waals surface area contributed by atoms with Gasteiger partial charge in [0.25, 0.3) is 0 Å². The molecule has 24 heavy (non-hydrogen) atoms. The number of aromatic nitrogens is 2. The first-order valence-electron chi connectivity index (χ1n) is 7.56. The lowest BCUT2D eigenvalue weighted by Crippen LogP contribution is -2.18. The van der Waals surface area contributed by atoms with Crippen LogP contribution in [0.5, 0.6) is 0 Å². The van der Waals surface area contributed by atoms with Crippen molar-refractivity contribution in [1.82, 2.24) is 9.78 Å². The number of hydrogen-bond donors (Lipinski definition) is 1. The van der Waals surface area contributed by atoms with Crippen molar-refractivity contribution in [3.63, 3.8) is 0 Å². The van der Waals surface area contributed by atoms with Gasteiger partial charge in [-0.15, -0.1) is 0 Å². The van der Waals surface area contributed by atoms with Gasteiger partial charge in [0, 0.05) is 22.5 Å². The fraction of sp³-hybridized carbons (Fsp3) is 0.167. The Labute approximate surface area is 143 Å². The number of carbonyl (C=O) groups excluding carboxylic acids is 1. The molecule has 1 heterocycles. The maximum absolute atomic E-state index is 12.2. The standard InChI is InChI=1S/C18H16ClN3O2/c1-12-14(19)6-4-7-15(12)21-18(24)9-10-22-16-8-3-2-5-13(16)17(23)11-20-22/h2-8,11H,9-10H2,1H3,(H,21,24). The van der Waals surface area contributed by atoms with Gasteiger partial charge in [0.1, 0.15) is 0 Å². The number of rotatable bonds is 4. The minimum atomic E-state index is -0.134. The second-order valence-corrected chi connectivity index (χ2v) is 5.87. The third kappa shape index (κ3) is 3.31. The summed E-state index contributed by atoms with van der Waals surface area (Å²) in [5.74, 6) is -0.134. The Morgan fingerprint density at radius 3 is 2.83 bits per heavy atom. The van der Waals surface area contributed by atoms with Crippen molar-refractivity contribution in [3.05, 3.63) is 69.5 Å². The molecule has 1 N–H and O–H groups in total. The second-order valence-electron chi connectivity index (χ2n) is 5.46. The van der Waals surface area contributed by atoms with Gasteiger partial charge >= 0.3 is 0 Å². The summed E-state index contributed by atoms with van der Waals surface area (Å²) < 4.78 is 1.67. The van der Waals surface area contributed by atoms with Gasteiger partial charge in [-0.05, 0) is 36.8 Å². The summed E-state index contributed by atoms with van der Waals surface area (Å²) in [6, 6.07) is 12.6. The molecule has 2 aromatic carbocycles. The lowest BCUT2D eigenvalue weighted by molar-refractivity contribution is -0.116. The highest BCUT2D eigenvalue weighted by Gasteiger charge is 2.09. The molecule has 3 aromatic rings. The zero-order valence-electron chi connectivity index (χ0n) is 13.1. The molecule has 0 fully saturated rings. The van der Waals surface area contributed by atoms with Crippen LogP contribution in [0.1, 0.15) is 12.0 Å². The fourth-order valence-electron chi connectivity index (χ4n) is 2.50. The number of anilines is 1. The minimum Gasteiger partial charge on any atom is -0.326 e. The number of hydrogen-bond acceptors (Lipinski definition) is 3. The number of nitrogens with one attached hydrogen (secondary N) is 1. The van der Waals surface area contributed by atoms with Crippen molar-refractivity contribution < 1.29 is 4.79 Å². The number of nitrogens with zero attached hydrogens (tertiary/aromatic N) is 2. The largest absolute Gasteiger partial charge is 0.326 e. The van der Waals surface area contributed by atoms with Crippen LogP contribution < -0.4 is 10.7 Å². The Morgan fingerprint density at radius 2 is 2.00 bits per heavy atom. The number of carbonyl (C=O) groups is 1. The molecular weight excluding hydrogens is 326 g/mol. The molecule has 0 atom stereocenters. The lowest BCUT2D eigenvalue weighted by Gasteiger charge is -2.11. The van der Waals surface area contributed by atoms with Gasteiger partial charge in [0.05, 0.1) is 18.3 Å². The van der Waals surface area contributed by atoms with Crippen LogP contribution in [0.3, 0.4) is 0 Å². The number of halogens is 1. The summed E-state index contributed by atoms with van der Waals surface area (Å²) in [4.78, 5) is 24.0. The van der Waals surface area contributed by atoms with Crippen LogP contribution in [0.15, 0.2) is 53.5 Å². The molecule has 1 aromatic heterocycles. The highest BCUT2D eigenvalue weighted by molar-refractivity contribution is 6.31. The van der Waals surface area contributed by atoms with E-state index in [0.717, 1.165) is 11.1 Å². The molecule has 0 aliphatic heterocycles. The molecule has 0 aliphatic carbocycles. The molecule has 5 nitrogen and oxygen atoms in total. The number of benzene rings is 2. The third-order valence-corrected chi connectivity index (χ3v) is 4.26. The van der Waals surface area contributed by atoms with Gasteiger partial charge in [0.15, 0.2) is 0 Å². The molecule has 122 valence electrons. The van der Waals surface area contributed by atoms with Crippen LogP contribution in [0.4, 0.5) is 5.69 Å². The van der Waals surface area contributed by atoms with Gasteiger partial charge in [0.2, 0.25) is 11.3 Å². The molecule has 0 saturated heterocycles. The summed E-state index contributed by atoms with van der Waals surface area (Å²) in [6.45, 7) is 2.24. The van der Waals surface area contributed by atoms with E-state index in [9.17, 15) is 9.59 Å². The number of fused-ring (bicyclic) bond motifs is 1. The smallest absolute Gasteiger partial charge is 0.226 e. The minimum absolute atomic E-state index is 0.124. The highest BCUT2D eigenvalue weighted by atomic mass is 35.5.